The van der Waals surface area contributed by atoms with Gasteiger partial charge >= 0.3 is 6.48 Å². The molecule has 5 heteroatoms. The molecule has 0 radical (unpaired) electrons. The van der Waals surface area contributed by atoms with E-state index in [1.165, 1.54) is 37.7 Å². The minimum atomic E-state index is -0.706. The van der Waals surface area contributed by atoms with Gasteiger partial charge in [-0.15, -0.1) is 0 Å². The van der Waals surface area contributed by atoms with Gasteiger partial charge in [-0.2, -0.15) is 0 Å². The number of rotatable bonds is 7. The summed E-state index contributed by atoms with van der Waals surface area (Å²) >= 11 is 8.28. The van der Waals surface area contributed by atoms with Gasteiger partial charge in [-0.1, -0.05) is 56.6 Å². The Kier molecular flexibility index (Phi) is 5.52. The molecule has 0 aliphatic heterocycles. The van der Waals surface area contributed by atoms with Gasteiger partial charge in [-0.05, 0) is 68.4 Å². The molecule has 1 aromatic carbocycles. The second-order valence-electron chi connectivity index (χ2n) is 8.31. The number of methoxy groups -OCH3 is 1. The largest absolute Gasteiger partial charge is 0.441 e. The predicted molar refractivity (Wildman–Crippen MR) is 115 cm³/mol. The van der Waals surface area contributed by atoms with E-state index >= 15 is 0 Å². The Balaban J connectivity index is 1.79. The topological polar surface area (TPSA) is 27.7 Å². The lowest BCUT2D eigenvalue weighted by atomic mass is 9.47. The van der Waals surface area contributed by atoms with Gasteiger partial charge in [0.25, 0.3) is 0 Å². The van der Waals surface area contributed by atoms with Crippen LogP contribution in [0.5, 0.6) is 5.75 Å². The van der Waals surface area contributed by atoms with Crippen molar-refractivity contribution in [2.75, 3.05) is 13.7 Å². The van der Waals surface area contributed by atoms with E-state index < -0.39 is 6.48 Å². The normalized spacial score (nSPS) is 34.4. The fourth-order valence-electron chi connectivity index (χ4n) is 5.87. The molecule has 0 aromatic heterocycles. The zero-order valence-electron chi connectivity index (χ0n) is 16.0. The van der Waals surface area contributed by atoms with Crippen LogP contribution in [0.25, 0.3) is 6.08 Å². The number of hydrogen-bond donors (Lipinski definition) is 0. The van der Waals surface area contributed by atoms with Crippen molar-refractivity contribution in [1.29, 1.82) is 0 Å². The summed E-state index contributed by atoms with van der Waals surface area (Å²) in [7, 11) is 1.61. The van der Waals surface area contributed by atoms with Gasteiger partial charge in [-0.25, -0.2) is 0 Å². The van der Waals surface area contributed by atoms with E-state index in [1.54, 1.807) is 7.11 Å². The lowest BCUT2D eigenvalue weighted by Gasteiger charge is -2.64. The minimum absolute atomic E-state index is 0.0152. The van der Waals surface area contributed by atoms with Crippen LogP contribution in [0.3, 0.4) is 0 Å². The number of hydrogen-bond acceptors (Lipinski definition) is 3. The Hall–Kier alpha value is -0.360. The molecular weight excluding hydrogens is 472 g/mol. The lowest BCUT2D eigenvalue weighted by molar-refractivity contribution is -0.231. The van der Waals surface area contributed by atoms with Gasteiger partial charge < -0.3 is 14.2 Å². The van der Waals surface area contributed by atoms with E-state index in [1.807, 2.05) is 13.0 Å². The van der Waals surface area contributed by atoms with Crippen molar-refractivity contribution in [1.82, 2.24) is 0 Å². The summed E-state index contributed by atoms with van der Waals surface area (Å²) in [5.74, 6) is 3.12. The maximum absolute atomic E-state index is 6.23. The molecule has 27 heavy (non-hydrogen) atoms. The van der Waals surface area contributed by atoms with Crippen molar-refractivity contribution in [3.8, 4) is 5.75 Å². The molecule has 148 valence electrons. The number of ether oxygens (including phenoxy) is 3. The molecule has 4 bridgehead atoms. The average molecular weight is 500 g/mol. The third-order valence-electron chi connectivity index (χ3n) is 6.80. The van der Waals surface area contributed by atoms with Crippen LogP contribution in [-0.4, -0.2) is 23.4 Å². The third kappa shape index (κ3) is 3.23. The van der Waals surface area contributed by atoms with Crippen molar-refractivity contribution < 1.29 is 14.2 Å². The van der Waals surface area contributed by atoms with Crippen LogP contribution < -0.4 is 4.74 Å². The van der Waals surface area contributed by atoms with E-state index in [0.29, 0.717) is 12.5 Å². The monoisotopic (exact) mass is 498 g/mol. The Morgan fingerprint density at radius 2 is 1.93 bits per heavy atom. The summed E-state index contributed by atoms with van der Waals surface area (Å²) in [5.41, 5.74) is 2.31. The Bertz CT molecular complexity index is 704. The summed E-state index contributed by atoms with van der Waals surface area (Å²) in [4.78, 5) is 0. The van der Waals surface area contributed by atoms with Crippen LogP contribution in [0.1, 0.15) is 50.2 Å². The summed E-state index contributed by atoms with van der Waals surface area (Å²) < 4.78 is 17.1. The lowest BCUT2D eigenvalue weighted by Crippen LogP contribution is -2.61. The number of benzene rings is 1. The maximum Gasteiger partial charge on any atom is 0.315 e. The summed E-state index contributed by atoms with van der Waals surface area (Å²) in [6.45, 7) is 5.69. The highest BCUT2D eigenvalue weighted by Gasteiger charge is 2.65. The zero-order valence-corrected chi connectivity index (χ0v) is 19.2. The van der Waals surface area contributed by atoms with Gasteiger partial charge in [-0.3, -0.25) is 0 Å². The van der Waals surface area contributed by atoms with Gasteiger partial charge in [0, 0.05) is 18.1 Å². The first-order valence-electron chi connectivity index (χ1n) is 9.89. The fourth-order valence-corrected chi connectivity index (χ4v) is 7.70. The van der Waals surface area contributed by atoms with E-state index in [0.717, 1.165) is 23.1 Å². The predicted octanol–water partition coefficient (Wildman–Crippen LogP) is 6.24. The summed E-state index contributed by atoms with van der Waals surface area (Å²) in [5, 5.41) is 0. The number of halogens is 2. The van der Waals surface area contributed by atoms with Gasteiger partial charge in [0.15, 0.2) is 0 Å². The van der Waals surface area contributed by atoms with Crippen LogP contribution >= 0.6 is 31.9 Å². The van der Waals surface area contributed by atoms with E-state index in [2.05, 4.69) is 56.6 Å². The van der Waals surface area contributed by atoms with Crippen molar-refractivity contribution in [2.24, 2.45) is 17.8 Å². The Labute approximate surface area is 179 Å². The molecule has 0 spiro atoms. The van der Waals surface area contributed by atoms with Crippen molar-refractivity contribution in [2.45, 2.75) is 54.2 Å². The van der Waals surface area contributed by atoms with Crippen LogP contribution in [0.15, 0.2) is 24.8 Å². The van der Waals surface area contributed by atoms with Crippen LogP contribution in [-0.2, 0) is 14.9 Å². The van der Waals surface area contributed by atoms with Crippen molar-refractivity contribution in [3.05, 3.63) is 35.9 Å². The van der Waals surface area contributed by atoms with E-state index in [9.17, 15) is 0 Å². The zero-order chi connectivity index (χ0) is 19.2. The molecule has 4 fully saturated rings. The minimum Gasteiger partial charge on any atom is -0.441 e. The van der Waals surface area contributed by atoms with E-state index in [4.69, 9.17) is 14.2 Å². The molecule has 3 nitrogen and oxygen atoms in total. The fraction of sp³-hybridized carbons (Fsp3) is 0.636. The highest BCUT2D eigenvalue weighted by molar-refractivity contribution is 9.25. The second kappa shape index (κ2) is 7.47. The first-order chi connectivity index (χ1) is 12.9. The van der Waals surface area contributed by atoms with E-state index in [-0.39, 0.29) is 8.65 Å². The Morgan fingerprint density at radius 1 is 1.22 bits per heavy atom. The molecule has 0 heterocycles. The molecule has 5 rings (SSSR count). The first kappa shape index (κ1) is 19.9. The molecule has 0 N–H and O–H groups in total. The highest BCUT2D eigenvalue weighted by Crippen LogP contribution is 2.71. The molecule has 3 unspecified atom stereocenters. The average Bonchev–Trinajstić information content (AvgIpc) is 2.65. The van der Waals surface area contributed by atoms with Crippen LogP contribution in [0, 0.1) is 17.8 Å². The van der Waals surface area contributed by atoms with Crippen LogP contribution in [0.4, 0.5) is 0 Å². The molecule has 0 amide bonds. The standard InChI is InChI=1S/C22H28Br2O3/c1-4-14-6-7-18(19(11-14)27-20(25-3)26-5-2)21-12-15-8-16(13-21)10-17(9-15)22(21,23)24/h4,6-7,11,15-17,20H,1,5,8-10,12-13H2,2-3H3. The van der Waals surface area contributed by atoms with Gasteiger partial charge in [0.1, 0.15) is 5.75 Å². The molecule has 0 saturated heterocycles. The molecular formula is C22H28Br2O3. The van der Waals surface area contributed by atoms with Gasteiger partial charge in [0.05, 0.1) is 9.84 Å². The molecule has 4 aliphatic rings. The third-order valence-corrected chi connectivity index (χ3v) is 9.62. The quantitative estimate of drug-likeness (QED) is 0.328. The molecule has 1 aromatic rings. The van der Waals surface area contributed by atoms with Crippen molar-refractivity contribution in [3.63, 3.8) is 0 Å². The smallest absolute Gasteiger partial charge is 0.315 e. The van der Waals surface area contributed by atoms with Crippen molar-refractivity contribution >= 4 is 37.9 Å². The molecule has 4 aliphatic carbocycles. The molecule has 3 atom stereocenters. The first-order valence-corrected chi connectivity index (χ1v) is 11.5. The summed E-state index contributed by atoms with van der Waals surface area (Å²) in [6.07, 6.45) is 8.24. The Morgan fingerprint density at radius 3 is 2.52 bits per heavy atom. The van der Waals surface area contributed by atoms with Crippen LogP contribution in [0.2, 0.25) is 0 Å². The summed E-state index contributed by atoms with van der Waals surface area (Å²) in [6, 6.07) is 6.45. The molecule has 4 saturated carbocycles. The number of alkyl halides is 2. The second-order valence-corrected chi connectivity index (χ2v) is 11.9. The maximum atomic E-state index is 6.23. The SMILES string of the molecule is C=Cc1ccc(C23CC4CC(CC(C4)C2(Br)Br)C3)c(OC(OC)OCC)c1. The highest BCUT2D eigenvalue weighted by atomic mass is 79.9. The van der Waals surface area contributed by atoms with Gasteiger partial charge in [0.2, 0.25) is 0 Å².